The van der Waals surface area contributed by atoms with Gasteiger partial charge in [0.1, 0.15) is 11.4 Å². The summed E-state index contributed by atoms with van der Waals surface area (Å²) in [5.74, 6) is 1.82. The highest BCUT2D eigenvalue weighted by Crippen LogP contribution is 2.29. The number of carbonyl (C=O) groups is 1. The Balaban J connectivity index is 0.000000359. The Morgan fingerprint density at radius 2 is 1.73 bits per heavy atom. The summed E-state index contributed by atoms with van der Waals surface area (Å²) in [5, 5.41) is 9.64. The van der Waals surface area contributed by atoms with Crippen molar-refractivity contribution in [1.29, 1.82) is 0 Å². The van der Waals surface area contributed by atoms with Crippen molar-refractivity contribution in [3.8, 4) is 5.75 Å². The number of phenols is 1. The Bertz CT molecular complexity index is 667. The van der Waals surface area contributed by atoms with E-state index in [1.54, 1.807) is 18.2 Å². The standard InChI is InChI=1S/C14H13NO2S.C8H18/c1-10(16)12-6-4-5-11(15-12)9-18-14-8-3-2-7-13(14)17;1-4-6-8(3)7-5-2/h2-8,17H,9H2,1H3;8H,4-7H2,1-3H3. The molecule has 2 aromatic rings. The highest BCUT2D eigenvalue weighted by molar-refractivity contribution is 7.98. The van der Waals surface area contributed by atoms with Crippen molar-refractivity contribution in [3.05, 3.63) is 53.9 Å². The summed E-state index contributed by atoms with van der Waals surface area (Å²) in [4.78, 5) is 16.3. The number of para-hydroxylation sites is 1. The van der Waals surface area contributed by atoms with Crippen molar-refractivity contribution in [3.63, 3.8) is 0 Å². The first kappa shape index (κ1) is 22.2. The van der Waals surface area contributed by atoms with Crippen LogP contribution in [0.25, 0.3) is 0 Å². The smallest absolute Gasteiger partial charge is 0.178 e. The fourth-order valence-corrected chi connectivity index (χ4v) is 3.47. The molecule has 1 heterocycles. The maximum atomic E-state index is 11.2. The monoisotopic (exact) mass is 373 g/mol. The van der Waals surface area contributed by atoms with Crippen molar-refractivity contribution in [2.45, 2.75) is 64.0 Å². The molecule has 1 aromatic heterocycles. The van der Waals surface area contributed by atoms with Gasteiger partial charge in [-0.25, -0.2) is 4.98 Å². The first-order chi connectivity index (χ1) is 12.5. The molecule has 0 unspecified atom stereocenters. The summed E-state index contributed by atoms with van der Waals surface area (Å²) in [7, 11) is 0. The second-order valence-electron chi connectivity index (χ2n) is 6.51. The van der Waals surface area contributed by atoms with Gasteiger partial charge in [-0.3, -0.25) is 4.79 Å². The lowest BCUT2D eigenvalue weighted by Gasteiger charge is -2.05. The fraction of sp³-hybridized carbons (Fsp3) is 0.455. The van der Waals surface area contributed by atoms with Crippen LogP contribution in [0.1, 0.15) is 69.6 Å². The number of aromatic nitrogens is 1. The molecular weight excluding hydrogens is 342 g/mol. The van der Waals surface area contributed by atoms with Gasteiger partial charge < -0.3 is 5.11 Å². The average Bonchev–Trinajstić information content (AvgIpc) is 2.62. The van der Waals surface area contributed by atoms with Crippen LogP contribution in [0.15, 0.2) is 47.4 Å². The van der Waals surface area contributed by atoms with E-state index in [-0.39, 0.29) is 11.5 Å². The van der Waals surface area contributed by atoms with Crippen LogP contribution in [0.2, 0.25) is 0 Å². The molecule has 1 N–H and O–H groups in total. The van der Waals surface area contributed by atoms with E-state index < -0.39 is 0 Å². The number of phenolic OH excluding ortho intramolecular Hbond substituents is 1. The number of ketones is 1. The zero-order valence-corrected chi connectivity index (χ0v) is 17.2. The molecule has 0 saturated carbocycles. The molecule has 0 aliphatic heterocycles. The minimum Gasteiger partial charge on any atom is -0.507 e. The Morgan fingerprint density at radius 1 is 1.08 bits per heavy atom. The predicted molar refractivity (Wildman–Crippen MR) is 111 cm³/mol. The molecule has 142 valence electrons. The van der Waals surface area contributed by atoms with E-state index in [1.165, 1.54) is 44.4 Å². The van der Waals surface area contributed by atoms with E-state index >= 15 is 0 Å². The van der Waals surface area contributed by atoms with Crippen LogP contribution in [0.5, 0.6) is 5.75 Å². The van der Waals surface area contributed by atoms with Gasteiger partial charge in [0.15, 0.2) is 5.78 Å². The van der Waals surface area contributed by atoms with E-state index in [2.05, 4.69) is 25.8 Å². The zero-order valence-electron chi connectivity index (χ0n) is 16.4. The number of benzene rings is 1. The molecule has 1 aromatic carbocycles. The number of carbonyl (C=O) groups excluding carboxylic acids is 1. The average molecular weight is 374 g/mol. The molecule has 4 heteroatoms. The van der Waals surface area contributed by atoms with Gasteiger partial charge in [0, 0.05) is 17.6 Å². The van der Waals surface area contributed by atoms with Gasteiger partial charge in [-0.1, -0.05) is 64.7 Å². The van der Waals surface area contributed by atoms with Gasteiger partial charge in [-0.15, -0.1) is 11.8 Å². The van der Waals surface area contributed by atoms with Gasteiger partial charge >= 0.3 is 0 Å². The highest BCUT2D eigenvalue weighted by atomic mass is 32.2. The largest absolute Gasteiger partial charge is 0.507 e. The Morgan fingerprint density at radius 3 is 2.31 bits per heavy atom. The molecule has 0 fully saturated rings. The molecule has 0 atom stereocenters. The van der Waals surface area contributed by atoms with Crippen LogP contribution in [-0.4, -0.2) is 15.9 Å². The van der Waals surface area contributed by atoms with E-state index in [1.807, 2.05) is 24.3 Å². The second kappa shape index (κ2) is 12.5. The molecule has 0 aliphatic carbocycles. The molecule has 2 rings (SSSR count). The third-order valence-corrected chi connectivity index (χ3v) is 5.07. The second-order valence-corrected chi connectivity index (χ2v) is 7.53. The third kappa shape index (κ3) is 8.52. The number of nitrogens with zero attached hydrogens (tertiary/aromatic N) is 1. The summed E-state index contributed by atoms with van der Waals surface area (Å²) in [6, 6.07) is 12.6. The molecule has 0 radical (unpaired) electrons. The zero-order chi connectivity index (χ0) is 19.4. The Kier molecular flexibility index (Phi) is 10.7. The summed E-state index contributed by atoms with van der Waals surface area (Å²) in [5.41, 5.74) is 1.31. The van der Waals surface area contributed by atoms with Crippen molar-refractivity contribution < 1.29 is 9.90 Å². The molecule has 0 amide bonds. The Hall–Kier alpha value is -1.81. The van der Waals surface area contributed by atoms with Crippen LogP contribution in [0.4, 0.5) is 0 Å². The van der Waals surface area contributed by atoms with Crippen molar-refractivity contribution in [2.75, 3.05) is 0 Å². The first-order valence-electron chi connectivity index (χ1n) is 9.35. The number of Topliss-reactive ketones (excluding diaryl/α,β-unsaturated/α-hetero) is 1. The number of aromatic hydroxyl groups is 1. The van der Waals surface area contributed by atoms with Crippen molar-refractivity contribution in [2.24, 2.45) is 5.92 Å². The topological polar surface area (TPSA) is 50.2 Å². The lowest BCUT2D eigenvalue weighted by molar-refractivity contribution is 0.101. The number of hydrogen-bond donors (Lipinski definition) is 1. The van der Waals surface area contributed by atoms with Crippen LogP contribution < -0.4 is 0 Å². The van der Waals surface area contributed by atoms with Crippen LogP contribution in [0.3, 0.4) is 0 Å². The third-order valence-electron chi connectivity index (χ3n) is 3.97. The lowest BCUT2D eigenvalue weighted by atomic mass is 10.0. The minimum atomic E-state index is -0.0376. The molecular formula is C22H31NO2S. The number of pyridine rings is 1. The molecule has 3 nitrogen and oxygen atoms in total. The maximum absolute atomic E-state index is 11.2. The maximum Gasteiger partial charge on any atom is 0.178 e. The van der Waals surface area contributed by atoms with Gasteiger partial charge in [0.05, 0.1) is 5.69 Å². The summed E-state index contributed by atoms with van der Waals surface area (Å²) < 4.78 is 0. The van der Waals surface area contributed by atoms with E-state index in [4.69, 9.17) is 0 Å². The van der Waals surface area contributed by atoms with Crippen molar-refractivity contribution >= 4 is 17.5 Å². The van der Waals surface area contributed by atoms with E-state index in [0.717, 1.165) is 16.5 Å². The first-order valence-corrected chi connectivity index (χ1v) is 10.3. The molecule has 0 saturated heterocycles. The number of thioether (sulfide) groups is 1. The predicted octanol–water partition coefficient (Wildman–Crippen LogP) is 6.50. The summed E-state index contributed by atoms with van der Waals surface area (Å²) >= 11 is 1.50. The van der Waals surface area contributed by atoms with Gasteiger partial charge in [-0.05, 0) is 30.2 Å². The molecule has 0 spiro atoms. The van der Waals surface area contributed by atoms with Crippen LogP contribution >= 0.6 is 11.8 Å². The normalized spacial score (nSPS) is 10.3. The van der Waals surface area contributed by atoms with E-state index in [9.17, 15) is 9.90 Å². The minimum absolute atomic E-state index is 0.0376. The summed E-state index contributed by atoms with van der Waals surface area (Å²) in [6.45, 7) is 8.35. The molecule has 26 heavy (non-hydrogen) atoms. The van der Waals surface area contributed by atoms with Gasteiger partial charge in [-0.2, -0.15) is 0 Å². The summed E-state index contributed by atoms with van der Waals surface area (Å²) in [6.07, 6.45) is 5.52. The fourth-order valence-electron chi connectivity index (χ4n) is 2.62. The Labute approximate surface area is 162 Å². The van der Waals surface area contributed by atoms with Crippen LogP contribution in [-0.2, 0) is 5.75 Å². The molecule has 0 bridgehead atoms. The number of hydrogen-bond acceptors (Lipinski definition) is 4. The van der Waals surface area contributed by atoms with Gasteiger partial charge in [0.2, 0.25) is 0 Å². The highest BCUT2D eigenvalue weighted by Gasteiger charge is 2.05. The SMILES string of the molecule is CC(=O)c1cccc(CSc2ccccc2O)n1.CCCC(C)CCC. The number of rotatable bonds is 8. The lowest BCUT2D eigenvalue weighted by Crippen LogP contribution is -1.98. The van der Waals surface area contributed by atoms with Gasteiger partial charge in [0.25, 0.3) is 0 Å². The van der Waals surface area contributed by atoms with E-state index in [0.29, 0.717) is 11.4 Å². The quantitative estimate of drug-likeness (QED) is 0.423. The van der Waals surface area contributed by atoms with Crippen LogP contribution in [0, 0.1) is 5.92 Å². The van der Waals surface area contributed by atoms with Crippen molar-refractivity contribution in [1.82, 2.24) is 4.98 Å². The molecule has 0 aliphatic rings.